The predicted octanol–water partition coefficient (Wildman–Crippen LogP) is 4.26. The van der Waals surface area contributed by atoms with Gasteiger partial charge in [-0.05, 0) is 40.2 Å². The fourth-order valence-electron chi connectivity index (χ4n) is 1.50. The van der Waals surface area contributed by atoms with Gasteiger partial charge in [0.15, 0.2) is 5.75 Å². The summed E-state index contributed by atoms with van der Waals surface area (Å²) in [4.78, 5) is 0.0836. The Morgan fingerprint density at radius 3 is 2.20 bits per heavy atom. The first-order valence-electron chi connectivity index (χ1n) is 5.26. The molecule has 0 fully saturated rings. The molecule has 8 heteroatoms. The van der Waals surface area contributed by atoms with Crippen molar-refractivity contribution in [2.45, 2.75) is 4.90 Å². The first kappa shape index (κ1) is 15.4. The molecule has 4 nitrogen and oxygen atoms in total. The summed E-state index contributed by atoms with van der Waals surface area (Å²) in [7, 11) is -3.79. The molecule has 0 atom stereocenters. The van der Waals surface area contributed by atoms with Crippen molar-refractivity contribution >= 4 is 54.8 Å². The SMILES string of the molecule is O=S(=O)(Nc1cc(Cl)c(O)c(Cl)c1)c1ccccc1Br. The lowest BCUT2D eigenvalue weighted by Gasteiger charge is -2.11. The number of hydrogen-bond acceptors (Lipinski definition) is 3. The van der Waals surface area contributed by atoms with Gasteiger partial charge in [-0.25, -0.2) is 8.42 Å². The third kappa shape index (κ3) is 3.20. The Morgan fingerprint density at radius 2 is 1.65 bits per heavy atom. The first-order valence-corrected chi connectivity index (χ1v) is 8.30. The molecular formula is C12H8BrCl2NO3S. The van der Waals surface area contributed by atoms with Gasteiger partial charge in [-0.3, -0.25) is 4.72 Å². The summed E-state index contributed by atoms with van der Waals surface area (Å²) in [6, 6.07) is 8.93. The Labute approximate surface area is 134 Å². The van der Waals surface area contributed by atoms with Crippen LogP contribution in [0.5, 0.6) is 5.75 Å². The van der Waals surface area contributed by atoms with Crippen LogP contribution in [0.25, 0.3) is 0 Å². The average Bonchev–Trinajstić information content (AvgIpc) is 2.35. The number of phenols is 1. The van der Waals surface area contributed by atoms with E-state index < -0.39 is 10.0 Å². The highest BCUT2D eigenvalue weighted by Gasteiger charge is 2.18. The van der Waals surface area contributed by atoms with Crippen LogP contribution in [0, 0.1) is 0 Å². The average molecular weight is 397 g/mol. The topological polar surface area (TPSA) is 66.4 Å². The molecule has 0 bridgehead atoms. The Bertz CT molecular complexity index is 742. The molecule has 0 saturated heterocycles. The molecule has 0 radical (unpaired) electrons. The van der Waals surface area contributed by atoms with Gasteiger partial charge >= 0.3 is 0 Å². The molecule has 2 aromatic carbocycles. The van der Waals surface area contributed by atoms with Crippen LogP contribution in [-0.2, 0) is 10.0 Å². The van der Waals surface area contributed by atoms with Crippen LogP contribution in [0.2, 0.25) is 10.0 Å². The van der Waals surface area contributed by atoms with E-state index in [1.807, 2.05) is 0 Å². The molecule has 0 aliphatic carbocycles. The Balaban J connectivity index is 2.42. The molecule has 0 spiro atoms. The smallest absolute Gasteiger partial charge is 0.263 e. The van der Waals surface area contributed by atoms with Crippen molar-refractivity contribution in [3.05, 3.63) is 50.9 Å². The zero-order valence-electron chi connectivity index (χ0n) is 9.77. The minimum absolute atomic E-state index is 0.0395. The van der Waals surface area contributed by atoms with E-state index in [2.05, 4.69) is 20.7 Å². The number of nitrogens with one attached hydrogen (secondary N) is 1. The number of aromatic hydroxyl groups is 1. The summed E-state index contributed by atoms with van der Waals surface area (Å²) in [6.45, 7) is 0. The summed E-state index contributed by atoms with van der Waals surface area (Å²) in [5.41, 5.74) is 0.161. The summed E-state index contributed by atoms with van der Waals surface area (Å²) in [5, 5.41) is 9.36. The van der Waals surface area contributed by atoms with Gasteiger partial charge < -0.3 is 5.11 Å². The predicted molar refractivity (Wildman–Crippen MR) is 83.1 cm³/mol. The van der Waals surface area contributed by atoms with Crippen LogP contribution in [-0.4, -0.2) is 13.5 Å². The quantitative estimate of drug-likeness (QED) is 0.761. The van der Waals surface area contributed by atoms with Crippen molar-refractivity contribution in [3.8, 4) is 5.75 Å². The molecule has 0 aliphatic rings. The number of anilines is 1. The molecule has 0 unspecified atom stereocenters. The maximum atomic E-state index is 12.2. The molecule has 2 aromatic rings. The lowest BCUT2D eigenvalue weighted by atomic mass is 10.3. The van der Waals surface area contributed by atoms with E-state index >= 15 is 0 Å². The van der Waals surface area contributed by atoms with Crippen molar-refractivity contribution in [2.75, 3.05) is 4.72 Å². The molecule has 0 aliphatic heterocycles. The van der Waals surface area contributed by atoms with Crippen LogP contribution in [0.15, 0.2) is 45.8 Å². The van der Waals surface area contributed by atoms with E-state index in [4.69, 9.17) is 23.2 Å². The van der Waals surface area contributed by atoms with E-state index in [1.54, 1.807) is 18.2 Å². The van der Waals surface area contributed by atoms with Gasteiger partial charge in [-0.15, -0.1) is 0 Å². The van der Waals surface area contributed by atoms with Crippen molar-refractivity contribution in [3.63, 3.8) is 0 Å². The normalized spacial score (nSPS) is 11.3. The van der Waals surface area contributed by atoms with Crippen LogP contribution >= 0.6 is 39.1 Å². The maximum absolute atomic E-state index is 12.2. The number of benzene rings is 2. The van der Waals surface area contributed by atoms with E-state index in [0.29, 0.717) is 4.47 Å². The van der Waals surface area contributed by atoms with Gasteiger partial charge in [-0.1, -0.05) is 35.3 Å². The highest BCUT2D eigenvalue weighted by atomic mass is 79.9. The van der Waals surface area contributed by atoms with Crippen molar-refractivity contribution < 1.29 is 13.5 Å². The summed E-state index contributed by atoms with van der Waals surface area (Å²) >= 11 is 14.7. The van der Waals surface area contributed by atoms with Gasteiger partial charge in [0.05, 0.1) is 15.7 Å². The molecule has 2 rings (SSSR count). The van der Waals surface area contributed by atoms with Crippen LogP contribution in [0.4, 0.5) is 5.69 Å². The number of sulfonamides is 1. The first-order chi connectivity index (χ1) is 9.31. The minimum atomic E-state index is -3.79. The fraction of sp³-hybridized carbons (Fsp3) is 0. The highest BCUT2D eigenvalue weighted by Crippen LogP contribution is 2.35. The summed E-state index contributed by atoms with van der Waals surface area (Å²) < 4.78 is 27.3. The summed E-state index contributed by atoms with van der Waals surface area (Å²) in [6.07, 6.45) is 0. The number of phenolic OH excluding ortho intramolecular Hbond substituents is 1. The van der Waals surface area contributed by atoms with Crippen molar-refractivity contribution in [1.29, 1.82) is 0 Å². The third-order valence-corrected chi connectivity index (χ3v) is 5.36. The lowest BCUT2D eigenvalue weighted by molar-refractivity contribution is 0.476. The van der Waals surface area contributed by atoms with Crippen LogP contribution < -0.4 is 4.72 Å². The van der Waals surface area contributed by atoms with Crippen molar-refractivity contribution in [1.82, 2.24) is 0 Å². The minimum Gasteiger partial charge on any atom is -0.505 e. The number of hydrogen-bond donors (Lipinski definition) is 2. The molecular weight excluding hydrogens is 389 g/mol. The zero-order valence-corrected chi connectivity index (χ0v) is 13.7. The van der Waals surface area contributed by atoms with Gasteiger partial charge in [-0.2, -0.15) is 0 Å². The van der Waals surface area contributed by atoms with E-state index in [-0.39, 0.29) is 26.4 Å². The lowest BCUT2D eigenvalue weighted by Crippen LogP contribution is -2.13. The van der Waals surface area contributed by atoms with Crippen LogP contribution in [0.3, 0.4) is 0 Å². The molecule has 106 valence electrons. The van der Waals surface area contributed by atoms with Crippen molar-refractivity contribution in [2.24, 2.45) is 0 Å². The second-order valence-corrected chi connectivity index (χ2v) is 7.14. The van der Waals surface area contributed by atoms with Gasteiger partial charge in [0.25, 0.3) is 10.0 Å². The van der Waals surface area contributed by atoms with E-state index in [1.165, 1.54) is 18.2 Å². The zero-order chi connectivity index (χ0) is 14.9. The van der Waals surface area contributed by atoms with Gasteiger partial charge in [0.1, 0.15) is 4.90 Å². The molecule has 0 amide bonds. The second kappa shape index (κ2) is 5.81. The molecule has 0 saturated carbocycles. The fourth-order valence-corrected chi connectivity index (χ4v) is 4.03. The van der Waals surface area contributed by atoms with Gasteiger partial charge in [0.2, 0.25) is 0 Å². The monoisotopic (exact) mass is 395 g/mol. The van der Waals surface area contributed by atoms with Crippen LogP contribution in [0.1, 0.15) is 0 Å². The molecule has 0 aromatic heterocycles. The van der Waals surface area contributed by atoms with Gasteiger partial charge in [0, 0.05) is 4.47 Å². The Hall–Kier alpha value is -0.950. The standard InChI is InChI=1S/C12H8BrCl2NO3S/c13-8-3-1-2-4-11(8)20(18,19)16-7-5-9(14)12(17)10(15)6-7/h1-6,16-17H. The second-order valence-electron chi connectivity index (χ2n) is 3.82. The third-order valence-electron chi connectivity index (χ3n) is 2.40. The largest absolute Gasteiger partial charge is 0.505 e. The Kier molecular flexibility index (Phi) is 4.49. The number of rotatable bonds is 3. The molecule has 0 heterocycles. The Morgan fingerprint density at radius 1 is 1.10 bits per heavy atom. The molecule has 20 heavy (non-hydrogen) atoms. The maximum Gasteiger partial charge on any atom is 0.263 e. The van der Waals surface area contributed by atoms with E-state index in [0.717, 1.165) is 0 Å². The molecule has 2 N–H and O–H groups in total. The number of halogens is 3. The summed E-state index contributed by atoms with van der Waals surface area (Å²) in [5.74, 6) is -0.294. The van der Waals surface area contributed by atoms with E-state index in [9.17, 15) is 13.5 Å². The highest BCUT2D eigenvalue weighted by molar-refractivity contribution is 9.10.